The molecule has 0 radical (unpaired) electrons. The predicted molar refractivity (Wildman–Crippen MR) is 60.8 cm³/mol. The van der Waals surface area contributed by atoms with E-state index in [1.807, 2.05) is 5.01 Å². The summed E-state index contributed by atoms with van der Waals surface area (Å²) < 4.78 is 0. The van der Waals surface area contributed by atoms with Gasteiger partial charge in [0.2, 0.25) is 5.91 Å². The van der Waals surface area contributed by atoms with E-state index in [2.05, 4.69) is 10.6 Å². The number of amidine groups is 1. The number of hydrazine groups is 1. The summed E-state index contributed by atoms with van der Waals surface area (Å²) in [5.41, 5.74) is 7.28. The lowest BCUT2D eigenvalue weighted by molar-refractivity contribution is -0.131. The van der Waals surface area contributed by atoms with Crippen LogP contribution >= 0.6 is 0 Å². The molecule has 92 valence electrons. The Balaban J connectivity index is 2.56. The highest BCUT2D eigenvalue weighted by molar-refractivity contribution is 6.05. The molecule has 1 aliphatic heterocycles. The van der Waals surface area contributed by atoms with Gasteiger partial charge in [0.15, 0.2) is 5.84 Å². The molecular formula is C10H20N4O2. The summed E-state index contributed by atoms with van der Waals surface area (Å²) in [6.07, 6.45) is 3.38. The van der Waals surface area contributed by atoms with Gasteiger partial charge in [-0.05, 0) is 26.7 Å². The van der Waals surface area contributed by atoms with E-state index in [4.69, 9.17) is 10.9 Å². The Morgan fingerprint density at radius 2 is 1.94 bits per heavy atom. The summed E-state index contributed by atoms with van der Waals surface area (Å²) in [5, 5.41) is 13.4. The molecule has 0 aromatic carbocycles. The van der Waals surface area contributed by atoms with Gasteiger partial charge in [0.05, 0.1) is 0 Å². The third-order valence-corrected chi connectivity index (χ3v) is 2.93. The largest absolute Gasteiger partial charge is 0.409 e. The molecule has 0 unspecified atom stereocenters. The van der Waals surface area contributed by atoms with Crippen LogP contribution in [0.25, 0.3) is 0 Å². The van der Waals surface area contributed by atoms with Gasteiger partial charge in [-0.1, -0.05) is 11.6 Å². The Bertz CT molecular complexity index is 283. The van der Waals surface area contributed by atoms with Crippen molar-refractivity contribution in [2.75, 3.05) is 13.1 Å². The van der Waals surface area contributed by atoms with Crippen molar-refractivity contribution in [2.45, 2.75) is 33.1 Å². The fourth-order valence-corrected chi connectivity index (χ4v) is 1.53. The van der Waals surface area contributed by atoms with Crippen molar-refractivity contribution in [1.29, 1.82) is 0 Å². The van der Waals surface area contributed by atoms with E-state index in [-0.39, 0.29) is 11.7 Å². The minimum atomic E-state index is -0.994. The highest BCUT2D eigenvalue weighted by Gasteiger charge is 2.34. The molecule has 0 spiro atoms. The number of nitrogens with one attached hydrogen (secondary N) is 1. The van der Waals surface area contributed by atoms with Crippen molar-refractivity contribution in [3.8, 4) is 0 Å². The van der Waals surface area contributed by atoms with Gasteiger partial charge >= 0.3 is 0 Å². The summed E-state index contributed by atoms with van der Waals surface area (Å²) in [7, 11) is 0. The number of carbonyl (C=O) groups is 1. The number of piperidine rings is 1. The lowest BCUT2D eigenvalue weighted by Gasteiger charge is -2.30. The van der Waals surface area contributed by atoms with Crippen molar-refractivity contribution >= 4 is 11.7 Å². The van der Waals surface area contributed by atoms with E-state index >= 15 is 0 Å². The summed E-state index contributed by atoms with van der Waals surface area (Å²) in [6, 6.07) is 0. The number of carbonyl (C=O) groups excluding carboxylic acids is 1. The van der Waals surface area contributed by atoms with E-state index in [9.17, 15) is 4.79 Å². The average molecular weight is 228 g/mol. The summed E-state index contributed by atoms with van der Waals surface area (Å²) in [6.45, 7) is 4.97. The lowest BCUT2D eigenvalue weighted by Crippen LogP contribution is -2.53. The highest BCUT2D eigenvalue weighted by Crippen LogP contribution is 2.16. The van der Waals surface area contributed by atoms with Gasteiger partial charge in [-0.2, -0.15) is 0 Å². The SMILES string of the molecule is CC(C)(C(=O)NN1CCCCC1)C(N)=NO. The first-order valence-electron chi connectivity index (χ1n) is 5.52. The maximum absolute atomic E-state index is 11.9. The van der Waals surface area contributed by atoms with Crippen LogP contribution in [0.1, 0.15) is 33.1 Å². The molecule has 0 aliphatic carbocycles. The first kappa shape index (κ1) is 12.8. The molecule has 16 heavy (non-hydrogen) atoms. The van der Waals surface area contributed by atoms with Gasteiger partial charge < -0.3 is 10.9 Å². The number of nitrogens with two attached hydrogens (primary N) is 1. The molecule has 1 saturated heterocycles. The van der Waals surface area contributed by atoms with Crippen LogP contribution in [-0.2, 0) is 4.79 Å². The molecule has 1 amide bonds. The fraction of sp³-hybridized carbons (Fsp3) is 0.800. The monoisotopic (exact) mass is 228 g/mol. The summed E-state index contributed by atoms with van der Waals surface area (Å²) >= 11 is 0. The Kier molecular flexibility index (Phi) is 4.12. The topological polar surface area (TPSA) is 91.0 Å². The standard InChI is InChI=1S/C10H20N4O2/c1-10(2,8(11)13-16)9(15)12-14-6-4-3-5-7-14/h16H,3-7H2,1-2H3,(H2,11,13)(H,12,15). The van der Waals surface area contributed by atoms with E-state index in [1.165, 1.54) is 6.42 Å². The Morgan fingerprint density at radius 3 is 2.44 bits per heavy atom. The second-order valence-corrected chi connectivity index (χ2v) is 4.60. The number of nitrogens with zero attached hydrogens (tertiary/aromatic N) is 2. The number of amides is 1. The predicted octanol–water partition coefficient (Wildman–Crippen LogP) is 0.276. The highest BCUT2D eigenvalue weighted by atomic mass is 16.4. The van der Waals surface area contributed by atoms with Gasteiger partial charge in [0, 0.05) is 13.1 Å². The van der Waals surface area contributed by atoms with Crippen molar-refractivity contribution in [1.82, 2.24) is 10.4 Å². The van der Waals surface area contributed by atoms with Crippen LogP contribution in [0.4, 0.5) is 0 Å². The molecule has 4 N–H and O–H groups in total. The van der Waals surface area contributed by atoms with Gasteiger partial charge in [-0.3, -0.25) is 10.2 Å². The van der Waals surface area contributed by atoms with E-state index < -0.39 is 5.41 Å². The summed E-state index contributed by atoms with van der Waals surface area (Å²) in [4.78, 5) is 11.9. The molecule has 6 nitrogen and oxygen atoms in total. The normalized spacial score (nSPS) is 19.5. The number of rotatable bonds is 3. The van der Waals surface area contributed by atoms with Gasteiger partial charge in [-0.25, -0.2) is 5.01 Å². The third-order valence-electron chi connectivity index (χ3n) is 2.93. The molecule has 0 atom stereocenters. The molecule has 6 heteroatoms. The number of oxime groups is 1. The fourth-order valence-electron chi connectivity index (χ4n) is 1.53. The second kappa shape index (κ2) is 5.16. The molecule has 1 heterocycles. The number of hydrogen-bond acceptors (Lipinski definition) is 4. The number of hydrogen-bond donors (Lipinski definition) is 3. The molecule has 1 aliphatic rings. The van der Waals surface area contributed by atoms with Crippen molar-refractivity contribution in [3.63, 3.8) is 0 Å². The smallest absolute Gasteiger partial charge is 0.247 e. The van der Waals surface area contributed by atoms with E-state index in [0.29, 0.717) is 0 Å². The Hall–Kier alpha value is -1.30. The first-order chi connectivity index (χ1) is 7.48. The third kappa shape index (κ3) is 2.85. The summed E-state index contributed by atoms with van der Waals surface area (Å²) in [5.74, 6) is -0.327. The maximum atomic E-state index is 11.9. The molecule has 0 bridgehead atoms. The van der Waals surface area contributed by atoms with Crippen LogP contribution < -0.4 is 11.2 Å². The van der Waals surface area contributed by atoms with Crippen LogP contribution in [0.15, 0.2) is 5.16 Å². The lowest BCUT2D eigenvalue weighted by atomic mass is 9.91. The molecule has 1 rings (SSSR count). The van der Waals surface area contributed by atoms with Crippen LogP contribution in [-0.4, -0.2) is 35.0 Å². The van der Waals surface area contributed by atoms with Crippen molar-refractivity contribution in [2.24, 2.45) is 16.3 Å². The molecule has 1 fully saturated rings. The van der Waals surface area contributed by atoms with Crippen molar-refractivity contribution < 1.29 is 10.0 Å². The zero-order chi connectivity index (χ0) is 12.2. The minimum absolute atomic E-state index is 0.0815. The first-order valence-corrected chi connectivity index (χ1v) is 5.52. The van der Waals surface area contributed by atoms with Crippen LogP contribution in [0.3, 0.4) is 0 Å². The quantitative estimate of drug-likeness (QED) is 0.280. The van der Waals surface area contributed by atoms with Gasteiger partial charge in [-0.15, -0.1) is 0 Å². The minimum Gasteiger partial charge on any atom is -0.409 e. The average Bonchev–Trinajstić information content (AvgIpc) is 2.29. The molecule has 0 aromatic heterocycles. The molecule has 0 aromatic rings. The Labute approximate surface area is 95.4 Å². The van der Waals surface area contributed by atoms with E-state index in [0.717, 1.165) is 25.9 Å². The van der Waals surface area contributed by atoms with Crippen LogP contribution in [0.5, 0.6) is 0 Å². The van der Waals surface area contributed by atoms with E-state index in [1.54, 1.807) is 13.8 Å². The second-order valence-electron chi connectivity index (χ2n) is 4.60. The Morgan fingerprint density at radius 1 is 1.38 bits per heavy atom. The van der Waals surface area contributed by atoms with Crippen LogP contribution in [0, 0.1) is 5.41 Å². The molecule has 0 saturated carbocycles. The zero-order valence-electron chi connectivity index (χ0n) is 9.86. The van der Waals surface area contributed by atoms with Gasteiger partial charge in [0.1, 0.15) is 5.41 Å². The van der Waals surface area contributed by atoms with Crippen LogP contribution in [0.2, 0.25) is 0 Å². The van der Waals surface area contributed by atoms with Gasteiger partial charge in [0.25, 0.3) is 0 Å². The maximum Gasteiger partial charge on any atom is 0.247 e. The molecular weight excluding hydrogens is 208 g/mol. The zero-order valence-corrected chi connectivity index (χ0v) is 9.86. The van der Waals surface area contributed by atoms with Crippen molar-refractivity contribution in [3.05, 3.63) is 0 Å².